The Bertz CT molecular complexity index is 699. The molecule has 0 amide bonds. The number of aryl methyl sites for hydroxylation is 3. The van der Waals surface area contributed by atoms with E-state index >= 15 is 0 Å². The number of benzene rings is 2. The molecule has 2 N–H and O–H groups in total. The Morgan fingerprint density at radius 3 is 2.53 bits per heavy atom. The molecule has 0 spiro atoms. The van der Waals surface area contributed by atoms with Crippen molar-refractivity contribution in [2.24, 2.45) is 7.05 Å². The molecule has 0 aliphatic heterocycles. The lowest BCUT2D eigenvalue weighted by molar-refractivity contribution is 0.787. The predicted octanol–water partition coefficient (Wildman–Crippen LogP) is 2.94. The molecule has 3 rings (SSSR count). The second-order valence-corrected chi connectivity index (χ2v) is 4.79. The first-order valence-corrected chi connectivity index (χ1v) is 6.49. The zero-order valence-corrected chi connectivity index (χ0v) is 11.0. The summed E-state index contributed by atoms with van der Waals surface area (Å²) in [6, 6.07) is 16.4. The topological polar surface area (TPSA) is 43.8 Å². The maximum atomic E-state index is 5.97. The summed E-state index contributed by atoms with van der Waals surface area (Å²) in [6.45, 7) is 0. The van der Waals surface area contributed by atoms with Gasteiger partial charge in [-0.3, -0.25) is 0 Å². The number of nitrogens with two attached hydrogens (primary N) is 1. The highest BCUT2D eigenvalue weighted by Crippen LogP contribution is 2.21. The Morgan fingerprint density at radius 1 is 1.00 bits per heavy atom. The molecule has 0 saturated heterocycles. The minimum absolute atomic E-state index is 0.749. The van der Waals surface area contributed by atoms with Crippen LogP contribution in [-0.2, 0) is 19.9 Å². The predicted molar refractivity (Wildman–Crippen MR) is 79.0 cm³/mol. The highest BCUT2D eigenvalue weighted by molar-refractivity contribution is 5.87. The number of nitrogen functional groups attached to an aromatic ring is 1. The van der Waals surface area contributed by atoms with Crippen LogP contribution in [-0.4, -0.2) is 9.55 Å². The van der Waals surface area contributed by atoms with Gasteiger partial charge in [0, 0.05) is 13.5 Å². The van der Waals surface area contributed by atoms with Gasteiger partial charge in [-0.15, -0.1) is 0 Å². The number of para-hydroxylation sites is 1. The highest BCUT2D eigenvalue weighted by atomic mass is 15.1. The third-order valence-electron chi connectivity index (χ3n) is 3.52. The molecule has 96 valence electrons. The molecular weight excluding hydrogens is 234 g/mol. The fourth-order valence-corrected chi connectivity index (χ4v) is 2.41. The summed E-state index contributed by atoms with van der Waals surface area (Å²) in [5, 5.41) is 0. The van der Waals surface area contributed by atoms with Crippen LogP contribution in [0.1, 0.15) is 11.4 Å². The number of nitrogens with zero attached hydrogens (tertiary/aromatic N) is 2. The number of aromatic nitrogens is 2. The summed E-state index contributed by atoms with van der Waals surface area (Å²) in [5.41, 5.74) is 10.1. The molecule has 0 bridgehead atoms. The number of rotatable bonds is 3. The molecule has 1 aromatic heterocycles. The molecule has 0 unspecified atom stereocenters. The van der Waals surface area contributed by atoms with Crippen LogP contribution in [0, 0.1) is 0 Å². The summed E-state index contributed by atoms with van der Waals surface area (Å²) in [5.74, 6) is 1.08. The quantitative estimate of drug-likeness (QED) is 0.727. The van der Waals surface area contributed by atoms with E-state index < -0.39 is 0 Å². The molecule has 0 saturated carbocycles. The molecule has 0 radical (unpaired) electrons. The summed E-state index contributed by atoms with van der Waals surface area (Å²) >= 11 is 0. The van der Waals surface area contributed by atoms with Crippen molar-refractivity contribution in [2.45, 2.75) is 12.8 Å². The molecule has 3 aromatic rings. The molecular formula is C16H17N3. The van der Waals surface area contributed by atoms with Gasteiger partial charge < -0.3 is 10.3 Å². The smallest absolute Gasteiger partial charge is 0.112 e. The van der Waals surface area contributed by atoms with Crippen LogP contribution in [0.25, 0.3) is 11.0 Å². The average Bonchev–Trinajstić information content (AvgIpc) is 2.77. The molecule has 3 heteroatoms. The van der Waals surface area contributed by atoms with E-state index in [0.717, 1.165) is 35.4 Å². The molecule has 3 nitrogen and oxygen atoms in total. The third-order valence-corrected chi connectivity index (χ3v) is 3.52. The van der Waals surface area contributed by atoms with Gasteiger partial charge in [-0.2, -0.15) is 0 Å². The van der Waals surface area contributed by atoms with Gasteiger partial charge in [0.1, 0.15) is 11.3 Å². The van der Waals surface area contributed by atoms with Gasteiger partial charge in [-0.05, 0) is 24.1 Å². The van der Waals surface area contributed by atoms with E-state index in [0.29, 0.717) is 0 Å². The number of anilines is 1. The molecule has 1 heterocycles. The lowest BCUT2D eigenvalue weighted by Gasteiger charge is -2.02. The van der Waals surface area contributed by atoms with Crippen molar-refractivity contribution >= 4 is 16.7 Å². The van der Waals surface area contributed by atoms with Gasteiger partial charge in [0.2, 0.25) is 0 Å². The van der Waals surface area contributed by atoms with Crippen molar-refractivity contribution in [3.05, 3.63) is 59.9 Å². The summed E-state index contributed by atoms with van der Waals surface area (Å²) in [4.78, 5) is 4.66. The number of hydrogen-bond acceptors (Lipinski definition) is 2. The van der Waals surface area contributed by atoms with Crippen LogP contribution in [0.15, 0.2) is 48.5 Å². The highest BCUT2D eigenvalue weighted by Gasteiger charge is 2.09. The minimum atomic E-state index is 0.749. The third kappa shape index (κ3) is 2.19. The first kappa shape index (κ1) is 11.8. The van der Waals surface area contributed by atoms with E-state index in [1.807, 2.05) is 18.2 Å². The van der Waals surface area contributed by atoms with Gasteiger partial charge in [0.05, 0.1) is 11.2 Å². The van der Waals surface area contributed by atoms with Gasteiger partial charge >= 0.3 is 0 Å². The number of fused-ring (bicyclic) bond motifs is 1. The van der Waals surface area contributed by atoms with Gasteiger partial charge in [0.25, 0.3) is 0 Å². The normalized spacial score (nSPS) is 11.0. The lowest BCUT2D eigenvalue weighted by Crippen LogP contribution is -2.00. The van der Waals surface area contributed by atoms with E-state index in [9.17, 15) is 0 Å². The summed E-state index contributed by atoms with van der Waals surface area (Å²) in [6.07, 6.45) is 1.92. The van der Waals surface area contributed by atoms with E-state index in [1.54, 1.807) is 0 Å². The molecule has 2 aromatic carbocycles. The van der Waals surface area contributed by atoms with Crippen LogP contribution in [0.4, 0.5) is 5.69 Å². The largest absolute Gasteiger partial charge is 0.397 e. The maximum Gasteiger partial charge on any atom is 0.112 e. The molecule has 19 heavy (non-hydrogen) atoms. The molecule has 0 fully saturated rings. The Balaban J connectivity index is 1.89. The molecule has 0 atom stereocenters. The fraction of sp³-hybridized carbons (Fsp3) is 0.188. The number of hydrogen-bond donors (Lipinski definition) is 1. The summed E-state index contributed by atoms with van der Waals surface area (Å²) in [7, 11) is 2.05. The standard InChI is InChI=1S/C16H17N3/c1-19-14-9-5-8-13(17)16(14)18-15(19)11-10-12-6-3-2-4-7-12/h2-9H,10-11,17H2,1H3. The van der Waals surface area contributed by atoms with Crippen LogP contribution in [0.3, 0.4) is 0 Å². The van der Waals surface area contributed by atoms with Crippen LogP contribution in [0.2, 0.25) is 0 Å². The molecule has 0 aliphatic carbocycles. The van der Waals surface area contributed by atoms with Crippen molar-refractivity contribution in [3.8, 4) is 0 Å². The van der Waals surface area contributed by atoms with Crippen molar-refractivity contribution in [1.82, 2.24) is 9.55 Å². The van der Waals surface area contributed by atoms with Crippen LogP contribution >= 0.6 is 0 Å². The lowest BCUT2D eigenvalue weighted by atomic mass is 10.1. The van der Waals surface area contributed by atoms with Gasteiger partial charge in [0.15, 0.2) is 0 Å². The van der Waals surface area contributed by atoms with Crippen molar-refractivity contribution < 1.29 is 0 Å². The zero-order valence-electron chi connectivity index (χ0n) is 11.0. The van der Waals surface area contributed by atoms with Crippen molar-refractivity contribution in [1.29, 1.82) is 0 Å². The maximum absolute atomic E-state index is 5.97. The Hall–Kier alpha value is -2.29. The van der Waals surface area contributed by atoms with Gasteiger partial charge in [-0.25, -0.2) is 4.98 Å². The van der Waals surface area contributed by atoms with Crippen LogP contribution < -0.4 is 5.73 Å². The zero-order chi connectivity index (χ0) is 13.2. The van der Waals surface area contributed by atoms with Crippen LogP contribution in [0.5, 0.6) is 0 Å². The van der Waals surface area contributed by atoms with E-state index in [-0.39, 0.29) is 0 Å². The monoisotopic (exact) mass is 251 g/mol. The SMILES string of the molecule is Cn1c(CCc2ccccc2)nc2c(N)cccc21. The second kappa shape index (κ2) is 4.76. The first-order valence-electron chi connectivity index (χ1n) is 6.49. The van der Waals surface area contributed by atoms with E-state index in [1.165, 1.54) is 5.56 Å². The van der Waals surface area contributed by atoms with Crippen molar-refractivity contribution in [3.63, 3.8) is 0 Å². The van der Waals surface area contributed by atoms with Crippen molar-refractivity contribution in [2.75, 3.05) is 5.73 Å². The van der Waals surface area contributed by atoms with E-state index in [2.05, 4.69) is 46.9 Å². The first-order chi connectivity index (χ1) is 9.25. The van der Waals surface area contributed by atoms with Gasteiger partial charge in [-0.1, -0.05) is 36.4 Å². The Morgan fingerprint density at radius 2 is 1.79 bits per heavy atom. The fourth-order valence-electron chi connectivity index (χ4n) is 2.41. The van der Waals surface area contributed by atoms with E-state index in [4.69, 9.17) is 5.73 Å². The minimum Gasteiger partial charge on any atom is -0.397 e. The number of imidazole rings is 1. The second-order valence-electron chi connectivity index (χ2n) is 4.79. The molecule has 0 aliphatic rings. The Kier molecular flexibility index (Phi) is 2.95. The summed E-state index contributed by atoms with van der Waals surface area (Å²) < 4.78 is 2.13. The Labute approximate surface area is 112 Å². The average molecular weight is 251 g/mol.